The van der Waals surface area contributed by atoms with Crippen molar-refractivity contribution in [3.05, 3.63) is 56.3 Å². The second-order valence-corrected chi connectivity index (χ2v) is 6.68. The highest BCUT2D eigenvalue weighted by Crippen LogP contribution is 2.48. The third-order valence-electron chi connectivity index (χ3n) is 4.63. The fraction of sp³-hybridized carbons (Fsp3) is 0.294. The summed E-state index contributed by atoms with van der Waals surface area (Å²) < 4.78 is 0. The molecule has 0 unspecified atom stereocenters. The zero-order valence-corrected chi connectivity index (χ0v) is 15.2. The van der Waals surface area contributed by atoms with E-state index in [1.165, 1.54) is 6.07 Å². The van der Waals surface area contributed by atoms with Gasteiger partial charge in [-0.1, -0.05) is 29.3 Å². The monoisotopic (exact) mass is 369 g/mol. The lowest BCUT2D eigenvalue weighted by molar-refractivity contribution is -0.134. The first-order valence-corrected chi connectivity index (χ1v) is 7.87. The van der Waals surface area contributed by atoms with E-state index in [0.29, 0.717) is 22.0 Å². The zero-order chi connectivity index (χ0) is 18.4. The molecule has 2 rings (SSSR count). The lowest BCUT2D eigenvalue weighted by Crippen LogP contribution is -2.43. The topological polar surface area (TPSA) is 77.8 Å². The van der Waals surface area contributed by atoms with E-state index in [2.05, 4.69) is 0 Å². The summed E-state index contributed by atoms with van der Waals surface area (Å²) in [4.78, 5) is 25.5. The first-order valence-electron chi connectivity index (χ1n) is 7.12. The van der Waals surface area contributed by atoms with Crippen molar-refractivity contribution >= 4 is 35.1 Å². The third-order valence-corrected chi connectivity index (χ3v) is 5.18. The van der Waals surface area contributed by atoms with Crippen LogP contribution in [0.1, 0.15) is 26.3 Å². The summed E-state index contributed by atoms with van der Waals surface area (Å²) in [6, 6.07) is 4.62. The van der Waals surface area contributed by atoms with Crippen LogP contribution < -0.4 is 0 Å². The smallest absolute Gasteiger partial charge is 0.334 e. The average Bonchev–Trinajstić information content (AvgIpc) is 2.43. The first-order chi connectivity index (χ1) is 11.0. The molecule has 24 heavy (non-hydrogen) atoms. The Morgan fingerprint density at radius 2 is 1.50 bits per heavy atom. The molecular formula is C17H17Cl2NO4. The lowest BCUT2D eigenvalue weighted by atomic mass is 9.67. The quantitative estimate of drug-likeness (QED) is 0.844. The second-order valence-electron chi connectivity index (χ2n) is 5.84. The Kier molecular flexibility index (Phi) is 4.70. The fourth-order valence-electron chi connectivity index (χ4n) is 3.34. The molecule has 2 N–H and O–H groups in total. The SMILES string of the molecule is CC1=C(C(=O)O)C(C)(c2ccc(Cl)cc2Cl)C(C(=O)O)=C(C)N1C. The van der Waals surface area contributed by atoms with E-state index in [4.69, 9.17) is 23.2 Å². The Hall–Kier alpha value is -1.98. The minimum atomic E-state index is -1.42. The standard InChI is InChI=1S/C17H17Cl2NO4/c1-8-13(15(21)22)17(3,11-6-5-10(18)7-12(11)19)14(16(23)24)9(2)20(8)4/h5-7H,1-4H3,(H,21,22)(H,23,24). The predicted molar refractivity (Wildman–Crippen MR) is 92.2 cm³/mol. The summed E-state index contributed by atoms with van der Waals surface area (Å²) in [5.74, 6) is -2.39. The van der Waals surface area contributed by atoms with Gasteiger partial charge >= 0.3 is 11.9 Å². The van der Waals surface area contributed by atoms with E-state index in [9.17, 15) is 19.8 Å². The number of carbonyl (C=O) groups is 2. The zero-order valence-electron chi connectivity index (χ0n) is 13.6. The van der Waals surface area contributed by atoms with Crippen LogP contribution in [0.25, 0.3) is 0 Å². The molecule has 1 aliphatic heterocycles. The Bertz CT molecular complexity index is 773. The van der Waals surface area contributed by atoms with Crippen LogP contribution in [-0.2, 0) is 15.0 Å². The minimum absolute atomic E-state index is 0.0303. The van der Waals surface area contributed by atoms with Gasteiger partial charge in [0.05, 0.1) is 16.6 Å². The van der Waals surface area contributed by atoms with Crippen LogP contribution in [0.15, 0.2) is 40.7 Å². The van der Waals surface area contributed by atoms with Gasteiger partial charge in [-0.05, 0) is 38.5 Å². The molecule has 1 heterocycles. The van der Waals surface area contributed by atoms with Crippen molar-refractivity contribution in [1.82, 2.24) is 4.90 Å². The number of rotatable bonds is 3. The van der Waals surface area contributed by atoms with Crippen molar-refractivity contribution in [2.24, 2.45) is 0 Å². The number of carboxylic acids is 2. The maximum Gasteiger partial charge on any atom is 0.334 e. The Morgan fingerprint density at radius 3 is 1.88 bits per heavy atom. The van der Waals surface area contributed by atoms with E-state index in [1.54, 1.807) is 44.9 Å². The van der Waals surface area contributed by atoms with Gasteiger partial charge in [-0.25, -0.2) is 9.59 Å². The molecule has 0 amide bonds. The van der Waals surface area contributed by atoms with Crippen LogP contribution in [0.5, 0.6) is 0 Å². The third kappa shape index (κ3) is 2.58. The number of allylic oxidation sites excluding steroid dienone is 2. The molecule has 0 fully saturated rings. The van der Waals surface area contributed by atoms with E-state index >= 15 is 0 Å². The molecule has 0 saturated carbocycles. The van der Waals surface area contributed by atoms with E-state index in [-0.39, 0.29) is 16.2 Å². The number of aliphatic carboxylic acids is 2. The summed E-state index contributed by atoms with van der Waals surface area (Å²) >= 11 is 12.2. The van der Waals surface area contributed by atoms with Gasteiger partial charge in [0, 0.05) is 28.5 Å². The van der Waals surface area contributed by atoms with Gasteiger partial charge in [0.2, 0.25) is 0 Å². The molecule has 0 aromatic heterocycles. The van der Waals surface area contributed by atoms with Crippen LogP contribution in [0, 0.1) is 0 Å². The molecule has 0 saturated heterocycles. The molecule has 0 spiro atoms. The normalized spacial score (nSPS) is 17.3. The first kappa shape index (κ1) is 18.4. The molecule has 128 valence electrons. The molecule has 7 heteroatoms. The van der Waals surface area contributed by atoms with Crippen molar-refractivity contribution in [3.63, 3.8) is 0 Å². The molecular weight excluding hydrogens is 353 g/mol. The van der Waals surface area contributed by atoms with Crippen LogP contribution >= 0.6 is 23.2 Å². The van der Waals surface area contributed by atoms with Gasteiger partial charge in [-0.2, -0.15) is 0 Å². The summed E-state index contributed by atoms with van der Waals surface area (Å²) in [6.45, 7) is 4.86. The van der Waals surface area contributed by atoms with E-state index in [0.717, 1.165) is 0 Å². The molecule has 0 bridgehead atoms. The average molecular weight is 370 g/mol. The minimum Gasteiger partial charge on any atom is -0.478 e. The van der Waals surface area contributed by atoms with Gasteiger partial charge in [-0.3, -0.25) is 0 Å². The molecule has 1 aliphatic rings. The number of benzene rings is 1. The van der Waals surface area contributed by atoms with Crippen LogP contribution in [-0.4, -0.2) is 34.1 Å². The summed E-state index contributed by atoms with van der Waals surface area (Å²) in [5.41, 5.74) is -0.179. The van der Waals surface area contributed by atoms with Gasteiger partial charge in [0.1, 0.15) is 0 Å². The summed E-state index contributed by atoms with van der Waals surface area (Å²) in [6.07, 6.45) is 0. The number of hydrogen-bond donors (Lipinski definition) is 2. The highest BCUT2D eigenvalue weighted by Gasteiger charge is 2.49. The second kappa shape index (κ2) is 6.15. The number of hydrogen-bond acceptors (Lipinski definition) is 3. The van der Waals surface area contributed by atoms with Crippen LogP contribution in [0.3, 0.4) is 0 Å². The van der Waals surface area contributed by atoms with Crippen molar-refractivity contribution in [2.45, 2.75) is 26.2 Å². The lowest BCUT2D eigenvalue weighted by Gasteiger charge is -2.41. The predicted octanol–water partition coefficient (Wildman–Crippen LogP) is 3.91. The van der Waals surface area contributed by atoms with Crippen molar-refractivity contribution < 1.29 is 19.8 Å². The molecule has 0 aliphatic carbocycles. The molecule has 0 atom stereocenters. The van der Waals surface area contributed by atoms with Crippen molar-refractivity contribution in [3.8, 4) is 0 Å². The van der Waals surface area contributed by atoms with Crippen molar-refractivity contribution in [2.75, 3.05) is 7.05 Å². The summed E-state index contributed by atoms with van der Waals surface area (Å²) in [5, 5.41) is 20.2. The van der Waals surface area contributed by atoms with Gasteiger partial charge in [0.25, 0.3) is 0 Å². The number of carboxylic acid groups (broad SMARTS) is 2. The maximum atomic E-state index is 12.0. The maximum absolute atomic E-state index is 12.0. The number of halogens is 2. The van der Waals surface area contributed by atoms with Crippen LogP contribution in [0.2, 0.25) is 10.0 Å². The molecule has 0 radical (unpaired) electrons. The molecule has 5 nitrogen and oxygen atoms in total. The molecule has 1 aromatic rings. The van der Waals surface area contributed by atoms with Gasteiger partial charge in [0.15, 0.2) is 0 Å². The Labute approximate surface area is 149 Å². The van der Waals surface area contributed by atoms with E-state index < -0.39 is 17.4 Å². The van der Waals surface area contributed by atoms with Crippen LogP contribution in [0.4, 0.5) is 0 Å². The number of nitrogens with zero attached hydrogens (tertiary/aromatic N) is 1. The molecule has 1 aromatic carbocycles. The Balaban J connectivity index is 2.95. The van der Waals surface area contributed by atoms with Crippen molar-refractivity contribution in [1.29, 1.82) is 0 Å². The summed E-state index contributed by atoms with van der Waals surface area (Å²) in [7, 11) is 1.64. The largest absolute Gasteiger partial charge is 0.478 e. The van der Waals surface area contributed by atoms with Gasteiger partial charge in [-0.15, -0.1) is 0 Å². The Morgan fingerprint density at radius 1 is 1.04 bits per heavy atom. The fourth-order valence-corrected chi connectivity index (χ4v) is 3.93. The highest BCUT2D eigenvalue weighted by molar-refractivity contribution is 6.35. The highest BCUT2D eigenvalue weighted by atomic mass is 35.5. The van der Waals surface area contributed by atoms with Gasteiger partial charge < -0.3 is 15.1 Å². The van der Waals surface area contributed by atoms with E-state index in [1.807, 2.05) is 0 Å².